The fourth-order valence-electron chi connectivity index (χ4n) is 1.91. The van der Waals surface area contributed by atoms with E-state index < -0.39 is 9.84 Å². The summed E-state index contributed by atoms with van der Waals surface area (Å²) >= 11 is 0. The Morgan fingerprint density at radius 3 is 2.71 bits per heavy atom. The molecule has 14 heavy (non-hydrogen) atoms. The quantitative estimate of drug-likeness (QED) is 0.676. The van der Waals surface area contributed by atoms with E-state index in [1.165, 1.54) is 6.26 Å². The molecule has 1 aliphatic rings. The summed E-state index contributed by atoms with van der Waals surface area (Å²) in [6, 6.07) is 0. The van der Waals surface area contributed by atoms with Crippen molar-refractivity contribution in [2.24, 2.45) is 5.92 Å². The molecule has 1 unspecified atom stereocenters. The summed E-state index contributed by atoms with van der Waals surface area (Å²) < 4.78 is 21.9. The van der Waals surface area contributed by atoms with Gasteiger partial charge in [-0.1, -0.05) is 6.42 Å². The van der Waals surface area contributed by atoms with Crippen LogP contribution in [0.1, 0.15) is 38.5 Å². The van der Waals surface area contributed by atoms with Crippen LogP contribution >= 0.6 is 0 Å². The summed E-state index contributed by atoms with van der Waals surface area (Å²) in [5.41, 5.74) is 0. The number of hydrogen-bond donors (Lipinski definition) is 0. The molecule has 1 rings (SSSR count). The van der Waals surface area contributed by atoms with Crippen LogP contribution in [0.4, 0.5) is 0 Å². The summed E-state index contributed by atoms with van der Waals surface area (Å²) in [5, 5.41) is 0. The molecular formula is C10H18O3S. The predicted octanol–water partition coefficient (Wildman–Crippen LogP) is 1.57. The van der Waals surface area contributed by atoms with Gasteiger partial charge in [-0.05, 0) is 25.2 Å². The van der Waals surface area contributed by atoms with Crippen molar-refractivity contribution in [3.05, 3.63) is 0 Å². The molecule has 0 aromatic rings. The molecule has 0 N–H and O–H groups in total. The van der Waals surface area contributed by atoms with Gasteiger partial charge in [-0.2, -0.15) is 0 Å². The van der Waals surface area contributed by atoms with Crippen molar-refractivity contribution in [3.8, 4) is 0 Å². The first-order valence-corrected chi connectivity index (χ1v) is 7.23. The van der Waals surface area contributed by atoms with Crippen molar-refractivity contribution in [3.63, 3.8) is 0 Å². The first-order chi connectivity index (χ1) is 6.47. The molecule has 0 aromatic carbocycles. The van der Waals surface area contributed by atoms with Crippen LogP contribution in [-0.2, 0) is 14.6 Å². The number of Topliss-reactive ketones (excluding diaryl/α,β-unsaturated/α-hetero) is 1. The molecule has 0 heterocycles. The van der Waals surface area contributed by atoms with Crippen molar-refractivity contribution in [1.82, 2.24) is 0 Å². The first-order valence-electron chi connectivity index (χ1n) is 5.17. The Kier molecular flexibility index (Phi) is 4.11. The van der Waals surface area contributed by atoms with E-state index in [2.05, 4.69) is 0 Å². The Balaban J connectivity index is 2.39. The summed E-state index contributed by atoms with van der Waals surface area (Å²) in [6.07, 6.45) is 6.26. The van der Waals surface area contributed by atoms with Gasteiger partial charge in [-0.25, -0.2) is 8.42 Å². The normalized spacial score (nSPS) is 24.6. The zero-order valence-corrected chi connectivity index (χ0v) is 9.48. The van der Waals surface area contributed by atoms with Gasteiger partial charge in [0.15, 0.2) is 0 Å². The third-order valence-corrected chi connectivity index (χ3v) is 3.71. The second-order valence-electron chi connectivity index (χ2n) is 4.27. The van der Waals surface area contributed by atoms with Gasteiger partial charge in [-0.3, -0.25) is 4.79 Å². The molecule has 0 spiro atoms. The fraction of sp³-hybridized carbons (Fsp3) is 0.900. The van der Waals surface area contributed by atoms with Gasteiger partial charge in [0.1, 0.15) is 15.6 Å². The average molecular weight is 218 g/mol. The molecule has 0 aromatic heterocycles. The highest BCUT2D eigenvalue weighted by atomic mass is 32.2. The molecule has 0 radical (unpaired) electrons. The standard InChI is InChI=1S/C10H18O3S/c1-14(12,13)7-6-9-4-2-3-5-10(11)8-9/h9H,2-8H2,1H3. The molecule has 1 aliphatic carbocycles. The van der Waals surface area contributed by atoms with Crippen molar-refractivity contribution < 1.29 is 13.2 Å². The number of sulfone groups is 1. The minimum Gasteiger partial charge on any atom is -0.300 e. The van der Waals surface area contributed by atoms with Crippen LogP contribution in [0.5, 0.6) is 0 Å². The van der Waals surface area contributed by atoms with E-state index in [4.69, 9.17) is 0 Å². The molecule has 1 fully saturated rings. The summed E-state index contributed by atoms with van der Waals surface area (Å²) in [5.74, 6) is 0.839. The van der Waals surface area contributed by atoms with Gasteiger partial charge in [0, 0.05) is 19.1 Å². The maximum absolute atomic E-state index is 11.3. The molecular weight excluding hydrogens is 200 g/mol. The molecule has 1 saturated carbocycles. The van der Waals surface area contributed by atoms with Gasteiger partial charge < -0.3 is 0 Å². The molecule has 0 saturated heterocycles. The highest BCUT2D eigenvalue weighted by Crippen LogP contribution is 2.23. The highest BCUT2D eigenvalue weighted by Gasteiger charge is 2.18. The van der Waals surface area contributed by atoms with Crippen LogP contribution in [-0.4, -0.2) is 26.2 Å². The number of carbonyl (C=O) groups excluding carboxylic acids is 1. The smallest absolute Gasteiger partial charge is 0.147 e. The Hall–Kier alpha value is -0.380. The lowest BCUT2D eigenvalue weighted by atomic mass is 9.97. The molecule has 4 heteroatoms. The van der Waals surface area contributed by atoms with Crippen LogP contribution in [0.25, 0.3) is 0 Å². The summed E-state index contributed by atoms with van der Waals surface area (Å²) in [7, 11) is -2.86. The molecule has 82 valence electrons. The number of hydrogen-bond acceptors (Lipinski definition) is 3. The Bertz CT molecular complexity index is 292. The van der Waals surface area contributed by atoms with Crippen molar-refractivity contribution >= 4 is 15.6 Å². The first kappa shape index (κ1) is 11.7. The van der Waals surface area contributed by atoms with Crippen molar-refractivity contribution in [2.75, 3.05) is 12.0 Å². The van der Waals surface area contributed by atoms with E-state index in [0.717, 1.165) is 19.3 Å². The zero-order chi connectivity index (χ0) is 10.6. The van der Waals surface area contributed by atoms with Crippen molar-refractivity contribution in [1.29, 1.82) is 0 Å². The van der Waals surface area contributed by atoms with Gasteiger partial charge in [-0.15, -0.1) is 0 Å². The second kappa shape index (κ2) is 4.91. The maximum atomic E-state index is 11.3. The Labute approximate surface area is 85.8 Å². The third kappa shape index (κ3) is 4.74. The second-order valence-corrected chi connectivity index (χ2v) is 6.53. The van der Waals surface area contributed by atoms with Gasteiger partial charge in [0.05, 0.1) is 5.75 Å². The lowest BCUT2D eigenvalue weighted by molar-refractivity contribution is -0.119. The van der Waals surface area contributed by atoms with Crippen LogP contribution in [0.15, 0.2) is 0 Å². The van der Waals surface area contributed by atoms with Crippen LogP contribution in [0, 0.1) is 5.92 Å². The minimum atomic E-state index is -2.86. The van der Waals surface area contributed by atoms with Crippen LogP contribution in [0.3, 0.4) is 0 Å². The SMILES string of the molecule is CS(=O)(=O)CCC1CCCCC(=O)C1. The lowest BCUT2D eigenvalue weighted by Gasteiger charge is -2.11. The van der Waals surface area contributed by atoms with Crippen LogP contribution in [0.2, 0.25) is 0 Å². The largest absolute Gasteiger partial charge is 0.300 e. The van der Waals surface area contributed by atoms with Gasteiger partial charge in [0.2, 0.25) is 0 Å². The van der Waals surface area contributed by atoms with Gasteiger partial charge >= 0.3 is 0 Å². The molecule has 3 nitrogen and oxygen atoms in total. The molecule has 1 atom stereocenters. The topological polar surface area (TPSA) is 51.2 Å². The fourth-order valence-corrected chi connectivity index (χ4v) is 2.67. The number of carbonyl (C=O) groups is 1. The lowest BCUT2D eigenvalue weighted by Crippen LogP contribution is -2.11. The predicted molar refractivity (Wildman–Crippen MR) is 55.9 cm³/mol. The van der Waals surface area contributed by atoms with E-state index in [1.807, 2.05) is 0 Å². The Morgan fingerprint density at radius 2 is 2.07 bits per heavy atom. The van der Waals surface area contributed by atoms with E-state index >= 15 is 0 Å². The number of rotatable bonds is 3. The monoisotopic (exact) mass is 218 g/mol. The molecule has 0 amide bonds. The third-order valence-electron chi connectivity index (χ3n) is 2.73. The van der Waals surface area contributed by atoms with E-state index in [9.17, 15) is 13.2 Å². The molecule has 0 aliphatic heterocycles. The highest BCUT2D eigenvalue weighted by molar-refractivity contribution is 7.90. The number of ketones is 1. The van der Waals surface area contributed by atoms with Gasteiger partial charge in [0.25, 0.3) is 0 Å². The Morgan fingerprint density at radius 1 is 1.36 bits per heavy atom. The van der Waals surface area contributed by atoms with E-state index in [1.54, 1.807) is 0 Å². The molecule has 0 bridgehead atoms. The van der Waals surface area contributed by atoms with Crippen molar-refractivity contribution in [2.45, 2.75) is 38.5 Å². The summed E-state index contributed by atoms with van der Waals surface area (Å²) in [4.78, 5) is 11.3. The van der Waals surface area contributed by atoms with E-state index in [0.29, 0.717) is 31.0 Å². The maximum Gasteiger partial charge on any atom is 0.147 e. The van der Waals surface area contributed by atoms with Crippen LogP contribution < -0.4 is 0 Å². The zero-order valence-electron chi connectivity index (χ0n) is 8.66. The average Bonchev–Trinajstić information content (AvgIpc) is 2.25. The minimum absolute atomic E-state index is 0.227. The summed E-state index contributed by atoms with van der Waals surface area (Å²) in [6.45, 7) is 0. The van der Waals surface area contributed by atoms with E-state index in [-0.39, 0.29) is 5.75 Å².